The highest BCUT2D eigenvalue weighted by Crippen LogP contribution is 2.09. The van der Waals surface area contributed by atoms with E-state index in [0.717, 1.165) is 18.5 Å². The zero-order valence-electron chi connectivity index (χ0n) is 12.5. The largest absolute Gasteiger partial charge is 0.303 e. The van der Waals surface area contributed by atoms with E-state index in [1.165, 1.54) is 11.1 Å². The van der Waals surface area contributed by atoms with E-state index < -0.39 is 0 Å². The molecule has 1 atom stereocenters. The molecule has 0 saturated carbocycles. The van der Waals surface area contributed by atoms with Gasteiger partial charge in [-0.2, -0.15) is 0 Å². The van der Waals surface area contributed by atoms with Crippen LogP contribution in [0.4, 0.5) is 0 Å². The van der Waals surface area contributed by atoms with Crippen LogP contribution >= 0.6 is 12.4 Å². The molecule has 1 unspecified atom stereocenters. The second-order valence-electron chi connectivity index (χ2n) is 5.06. The van der Waals surface area contributed by atoms with E-state index in [-0.39, 0.29) is 24.2 Å². The molecular formula is C18H22ClNO. The molecule has 112 valence electrons. The second kappa shape index (κ2) is 8.60. The third kappa shape index (κ3) is 5.00. The summed E-state index contributed by atoms with van der Waals surface area (Å²) in [6, 6.07) is 17.8. The Kier molecular flexibility index (Phi) is 7.13. The highest BCUT2D eigenvalue weighted by molar-refractivity contribution is 6.00. The Balaban J connectivity index is 0.00000220. The third-order valence-electron chi connectivity index (χ3n) is 3.46. The van der Waals surface area contributed by atoms with Gasteiger partial charge in [0.1, 0.15) is 0 Å². The molecule has 2 nitrogen and oxygen atoms in total. The molecule has 2 aromatic rings. The minimum atomic E-state index is -0.127. The number of carbonyl (C=O) groups is 1. The van der Waals surface area contributed by atoms with Gasteiger partial charge in [-0.15, -0.1) is 12.4 Å². The Labute approximate surface area is 133 Å². The number of halogens is 1. The van der Waals surface area contributed by atoms with Gasteiger partial charge >= 0.3 is 0 Å². The molecule has 2 rings (SSSR count). The first-order valence-corrected chi connectivity index (χ1v) is 7.09. The molecule has 0 aliphatic carbocycles. The quantitative estimate of drug-likeness (QED) is 0.812. The number of rotatable bonds is 6. The maximum Gasteiger partial charge on any atom is 0.179 e. The molecule has 0 bridgehead atoms. The van der Waals surface area contributed by atoms with E-state index in [1.807, 2.05) is 56.3 Å². The van der Waals surface area contributed by atoms with E-state index in [9.17, 15) is 4.79 Å². The van der Waals surface area contributed by atoms with Crippen molar-refractivity contribution in [1.29, 1.82) is 0 Å². The van der Waals surface area contributed by atoms with Crippen LogP contribution in [0.3, 0.4) is 0 Å². The van der Waals surface area contributed by atoms with E-state index in [4.69, 9.17) is 0 Å². The van der Waals surface area contributed by atoms with Crippen LogP contribution in [-0.2, 0) is 6.54 Å². The van der Waals surface area contributed by atoms with Crippen LogP contribution in [0, 0.1) is 6.92 Å². The first-order chi connectivity index (χ1) is 9.70. The molecule has 0 aliphatic heterocycles. The lowest BCUT2D eigenvalue weighted by atomic mass is 10.0. The lowest BCUT2D eigenvalue weighted by molar-refractivity contribution is 0.0939. The summed E-state index contributed by atoms with van der Waals surface area (Å²) in [6.07, 6.45) is 0.791. The number of hydrogen-bond acceptors (Lipinski definition) is 2. The summed E-state index contributed by atoms with van der Waals surface area (Å²) < 4.78 is 0. The van der Waals surface area contributed by atoms with Gasteiger partial charge in [0, 0.05) is 12.1 Å². The van der Waals surface area contributed by atoms with Gasteiger partial charge < -0.3 is 5.32 Å². The molecule has 0 aromatic heterocycles. The lowest BCUT2D eigenvalue weighted by Gasteiger charge is -2.16. The van der Waals surface area contributed by atoms with Crippen molar-refractivity contribution in [3.05, 3.63) is 71.3 Å². The van der Waals surface area contributed by atoms with Gasteiger partial charge in [-0.3, -0.25) is 4.79 Å². The van der Waals surface area contributed by atoms with Crippen molar-refractivity contribution in [3.8, 4) is 0 Å². The van der Waals surface area contributed by atoms with Gasteiger partial charge in [0.2, 0.25) is 0 Å². The summed E-state index contributed by atoms with van der Waals surface area (Å²) >= 11 is 0. The number of hydrogen-bond donors (Lipinski definition) is 1. The van der Waals surface area contributed by atoms with Crippen LogP contribution < -0.4 is 5.32 Å². The van der Waals surface area contributed by atoms with Gasteiger partial charge in [-0.25, -0.2) is 0 Å². The summed E-state index contributed by atoms with van der Waals surface area (Å²) in [5.74, 6) is 0.170. The van der Waals surface area contributed by atoms with Crippen molar-refractivity contribution >= 4 is 18.2 Å². The molecule has 0 fully saturated rings. The maximum absolute atomic E-state index is 12.4. The van der Waals surface area contributed by atoms with Gasteiger partial charge in [0.05, 0.1) is 6.04 Å². The molecule has 1 N–H and O–H groups in total. The lowest BCUT2D eigenvalue weighted by Crippen LogP contribution is -2.35. The van der Waals surface area contributed by atoms with Gasteiger partial charge in [-0.1, -0.05) is 67.1 Å². The molecule has 3 heteroatoms. The number of nitrogens with one attached hydrogen (secondary N) is 1. The summed E-state index contributed by atoms with van der Waals surface area (Å²) in [5.41, 5.74) is 3.15. The molecule has 0 amide bonds. The molecule has 0 spiro atoms. The van der Waals surface area contributed by atoms with Crippen molar-refractivity contribution < 1.29 is 4.79 Å². The molecule has 0 radical (unpaired) electrons. The Bertz CT molecular complexity index is 551. The molecule has 0 heterocycles. The van der Waals surface area contributed by atoms with Crippen LogP contribution in [0.1, 0.15) is 34.8 Å². The van der Waals surface area contributed by atoms with Crippen LogP contribution in [0.5, 0.6) is 0 Å². The number of aryl methyl sites for hydroxylation is 1. The Morgan fingerprint density at radius 3 is 2.24 bits per heavy atom. The van der Waals surface area contributed by atoms with Crippen molar-refractivity contribution in [2.75, 3.05) is 0 Å². The topological polar surface area (TPSA) is 29.1 Å². The Hall–Kier alpha value is -1.64. The number of carbonyl (C=O) groups excluding carboxylic acids is 1. The molecular weight excluding hydrogens is 282 g/mol. The fourth-order valence-corrected chi connectivity index (χ4v) is 2.18. The standard InChI is InChI=1S/C18H21NO.ClH/c1-3-17(19-13-15-7-5-4-6-8-15)18(20)16-11-9-14(2)10-12-16;/h4-12,17,19H,3,13H2,1-2H3;1H. The monoisotopic (exact) mass is 303 g/mol. The van der Waals surface area contributed by atoms with E-state index in [0.29, 0.717) is 0 Å². The predicted octanol–water partition coefficient (Wildman–Crippen LogP) is 4.17. The van der Waals surface area contributed by atoms with Crippen LogP contribution in [0.2, 0.25) is 0 Å². The number of benzene rings is 2. The van der Waals surface area contributed by atoms with Gasteiger partial charge in [0.15, 0.2) is 5.78 Å². The minimum absolute atomic E-state index is 0. The predicted molar refractivity (Wildman–Crippen MR) is 90.1 cm³/mol. The first kappa shape index (κ1) is 17.4. The van der Waals surface area contributed by atoms with Crippen molar-refractivity contribution in [2.45, 2.75) is 32.9 Å². The zero-order chi connectivity index (χ0) is 14.4. The zero-order valence-corrected chi connectivity index (χ0v) is 13.3. The highest BCUT2D eigenvalue weighted by atomic mass is 35.5. The first-order valence-electron chi connectivity index (χ1n) is 7.09. The Morgan fingerprint density at radius 2 is 1.67 bits per heavy atom. The minimum Gasteiger partial charge on any atom is -0.303 e. The molecule has 21 heavy (non-hydrogen) atoms. The van der Waals surface area contributed by atoms with Crippen LogP contribution in [0.25, 0.3) is 0 Å². The van der Waals surface area contributed by atoms with E-state index in [2.05, 4.69) is 17.4 Å². The normalized spacial score (nSPS) is 11.5. The summed E-state index contributed by atoms with van der Waals surface area (Å²) in [6.45, 7) is 4.78. The smallest absolute Gasteiger partial charge is 0.179 e. The maximum atomic E-state index is 12.4. The fourth-order valence-electron chi connectivity index (χ4n) is 2.18. The number of ketones is 1. The van der Waals surface area contributed by atoms with Gasteiger partial charge in [0.25, 0.3) is 0 Å². The number of Topliss-reactive ketones (excluding diaryl/α,β-unsaturated/α-hetero) is 1. The molecule has 0 saturated heterocycles. The average molecular weight is 304 g/mol. The Morgan fingerprint density at radius 1 is 1.05 bits per heavy atom. The summed E-state index contributed by atoms with van der Waals surface area (Å²) in [7, 11) is 0. The van der Waals surface area contributed by atoms with Gasteiger partial charge in [-0.05, 0) is 18.9 Å². The average Bonchev–Trinajstić information content (AvgIpc) is 2.49. The third-order valence-corrected chi connectivity index (χ3v) is 3.46. The summed E-state index contributed by atoms with van der Waals surface area (Å²) in [4.78, 5) is 12.4. The molecule has 0 aliphatic rings. The molecule has 2 aromatic carbocycles. The highest BCUT2D eigenvalue weighted by Gasteiger charge is 2.17. The van der Waals surface area contributed by atoms with Crippen molar-refractivity contribution in [1.82, 2.24) is 5.32 Å². The fraction of sp³-hybridized carbons (Fsp3) is 0.278. The van der Waals surface area contributed by atoms with E-state index in [1.54, 1.807) is 0 Å². The van der Waals surface area contributed by atoms with Crippen LogP contribution in [0.15, 0.2) is 54.6 Å². The summed E-state index contributed by atoms with van der Waals surface area (Å²) in [5, 5.41) is 3.35. The van der Waals surface area contributed by atoms with E-state index >= 15 is 0 Å². The SMILES string of the molecule is CCC(NCc1ccccc1)C(=O)c1ccc(C)cc1.Cl. The van der Waals surface area contributed by atoms with Crippen molar-refractivity contribution in [3.63, 3.8) is 0 Å². The second-order valence-corrected chi connectivity index (χ2v) is 5.06. The van der Waals surface area contributed by atoms with Crippen molar-refractivity contribution in [2.24, 2.45) is 0 Å². The van der Waals surface area contributed by atoms with Crippen LogP contribution in [-0.4, -0.2) is 11.8 Å².